The predicted molar refractivity (Wildman–Crippen MR) is 98.0 cm³/mol. The van der Waals surface area contributed by atoms with Crippen molar-refractivity contribution in [3.8, 4) is 0 Å². The average molecular weight is 320 g/mol. The minimum absolute atomic E-state index is 0.200. The number of fused-ring (bicyclic) bond motifs is 1. The number of carbonyl (C=O) groups excluding carboxylic acids is 1. The highest BCUT2D eigenvalue weighted by Crippen LogP contribution is 2.30. The maximum absolute atomic E-state index is 11.8. The van der Waals surface area contributed by atoms with E-state index in [-0.39, 0.29) is 6.03 Å². The molecule has 24 heavy (non-hydrogen) atoms. The first-order valence-electron chi connectivity index (χ1n) is 7.96. The van der Waals surface area contributed by atoms with Crippen LogP contribution in [-0.4, -0.2) is 22.5 Å². The quantitative estimate of drug-likeness (QED) is 0.675. The maximum atomic E-state index is 11.8. The molecule has 0 saturated carbocycles. The number of nitrogens with zero attached hydrogens (tertiary/aromatic N) is 1. The Hall–Kier alpha value is -3.08. The third-order valence-electron chi connectivity index (χ3n) is 3.84. The van der Waals surface area contributed by atoms with Gasteiger partial charge in [-0.3, -0.25) is 0 Å². The SMILES string of the molecule is CC=C(c1cnc[nH]1)c1cccc2ccc(NC(=O)NCC)cc12. The van der Waals surface area contributed by atoms with Crippen LogP contribution in [0.25, 0.3) is 16.3 Å². The molecule has 3 N–H and O–H groups in total. The molecular formula is C19H20N4O. The number of benzene rings is 2. The molecule has 0 radical (unpaired) electrons. The third kappa shape index (κ3) is 3.15. The summed E-state index contributed by atoms with van der Waals surface area (Å²) in [6.07, 6.45) is 5.54. The number of rotatable bonds is 4. The number of imidazole rings is 1. The Kier molecular flexibility index (Phi) is 4.61. The van der Waals surface area contributed by atoms with E-state index >= 15 is 0 Å². The van der Waals surface area contributed by atoms with Gasteiger partial charge in [0.1, 0.15) is 0 Å². The fourth-order valence-electron chi connectivity index (χ4n) is 2.78. The lowest BCUT2D eigenvalue weighted by molar-refractivity contribution is 0.252. The summed E-state index contributed by atoms with van der Waals surface area (Å²) in [5.74, 6) is 0. The zero-order valence-corrected chi connectivity index (χ0v) is 13.8. The molecule has 2 aromatic carbocycles. The Morgan fingerprint density at radius 1 is 1.29 bits per heavy atom. The Balaban J connectivity index is 2.06. The van der Waals surface area contributed by atoms with Gasteiger partial charge in [-0.1, -0.05) is 30.3 Å². The van der Waals surface area contributed by atoms with Crippen molar-refractivity contribution in [1.82, 2.24) is 15.3 Å². The van der Waals surface area contributed by atoms with Crippen LogP contribution >= 0.6 is 0 Å². The number of hydrogen-bond donors (Lipinski definition) is 3. The number of anilines is 1. The molecule has 0 saturated heterocycles. The highest BCUT2D eigenvalue weighted by Gasteiger charge is 2.10. The van der Waals surface area contributed by atoms with Crippen LogP contribution in [0, 0.1) is 0 Å². The van der Waals surface area contributed by atoms with Gasteiger partial charge in [-0.2, -0.15) is 0 Å². The summed E-state index contributed by atoms with van der Waals surface area (Å²) >= 11 is 0. The van der Waals surface area contributed by atoms with Crippen molar-refractivity contribution in [2.24, 2.45) is 0 Å². The topological polar surface area (TPSA) is 69.8 Å². The van der Waals surface area contributed by atoms with Gasteiger partial charge in [0.05, 0.1) is 18.2 Å². The minimum Gasteiger partial charge on any atom is -0.345 e. The number of allylic oxidation sites excluding steroid dienone is 1. The van der Waals surface area contributed by atoms with Gasteiger partial charge in [-0.15, -0.1) is 0 Å². The average Bonchev–Trinajstić information content (AvgIpc) is 3.10. The Morgan fingerprint density at radius 2 is 2.17 bits per heavy atom. The number of hydrogen-bond acceptors (Lipinski definition) is 2. The third-order valence-corrected chi connectivity index (χ3v) is 3.84. The second kappa shape index (κ2) is 7.00. The van der Waals surface area contributed by atoms with Crippen molar-refractivity contribution in [2.75, 3.05) is 11.9 Å². The molecule has 0 aliphatic rings. The summed E-state index contributed by atoms with van der Waals surface area (Å²) < 4.78 is 0. The van der Waals surface area contributed by atoms with Crippen molar-refractivity contribution < 1.29 is 4.79 Å². The monoisotopic (exact) mass is 320 g/mol. The highest BCUT2D eigenvalue weighted by atomic mass is 16.2. The van der Waals surface area contributed by atoms with Gasteiger partial charge in [-0.25, -0.2) is 9.78 Å². The summed E-state index contributed by atoms with van der Waals surface area (Å²) in [6, 6.07) is 11.9. The zero-order chi connectivity index (χ0) is 16.9. The van der Waals surface area contributed by atoms with E-state index in [4.69, 9.17) is 0 Å². The summed E-state index contributed by atoms with van der Waals surface area (Å²) in [5, 5.41) is 7.80. The van der Waals surface area contributed by atoms with Crippen LogP contribution in [0.15, 0.2) is 55.0 Å². The molecule has 0 atom stereocenters. The second-order valence-corrected chi connectivity index (χ2v) is 5.39. The Morgan fingerprint density at radius 3 is 2.88 bits per heavy atom. The van der Waals surface area contributed by atoms with E-state index in [1.165, 1.54) is 0 Å². The van der Waals surface area contributed by atoms with Crippen molar-refractivity contribution in [3.63, 3.8) is 0 Å². The molecule has 1 aromatic heterocycles. The van der Waals surface area contributed by atoms with E-state index in [2.05, 4.69) is 38.8 Å². The first-order chi connectivity index (χ1) is 11.7. The van der Waals surface area contributed by atoms with Crippen LogP contribution in [-0.2, 0) is 0 Å². The lowest BCUT2D eigenvalue weighted by Crippen LogP contribution is -2.28. The van der Waals surface area contributed by atoms with Crippen LogP contribution in [0.5, 0.6) is 0 Å². The number of amides is 2. The summed E-state index contributed by atoms with van der Waals surface area (Å²) in [4.78, 5) is 19.0. The molecule has 0 bridgehead atoms. The molecule has 2 amide bonds. The minimum atomic E-state index is -0.200. The fourth-order valence-corrected chi connectivity index (χ4v) is 2.78. The molecule has 0 aliphatic carbocycles. The lowest BCUT2D eigenvalue weighted by atomic mass is 9.96. The van der Waals surface area contributed by atoms with Crippen LogP contribution in [0.1, 0.15) is 25.1 Å². The summed E-state index contributed by atoms with van der Waals surface area (Å²) in [6.45, 7) is 4.49. The van der Waals surface area contributed by atoms with E-state index in [9.17, 15) is 4.79 Å². The number of nitrogens with one attached hydrogen (secondary N) is 3. The Labute approximate surface area is 140 Å². The molecular weight excluding hydrogens is 300 g/mol. The van der Waals surface area contributed by atoms with Crippen LogP contribution in [0.2, 0.25) is 0 Å². The molecule has 3 aromatic rings. The zero-order valence-electron chi connectivity index (χ0n) is 13.8. The van der Waals surface area contributed by atoms with Crippen molar-refractivity contribution >= 4 is 28.1 Å². The molecule has 0 spiro atoms. The van der Waals surface area contributed by atoms with Crippen molar-refractivity contribution in [1.29, 1.82) is 0 Å². The van der Waals surface area contributed by atoms with E-state index in [0.717, 1.165) is 33.3 Å². The van der Waals surface area contributed by atoms with Crippen LogP contribution < -0.4 is 10.6 Å². The van der Waals surface area contributed by atoms with Crippen LogP contribution in [0.4, 0.5) is 10.5 Å². The van der Waals surface area contributed by atoms with E-state index in [1.54, 1.807) is 6.33 Å². The summed E-state index contributed by atoms with van der Waals surface area (Å²) in [7, 11) is 0. The molecule has 122 valence electrons. The van der Waals surface area contributed by atoms with Crippen LogP contribution in [0.3, 0.4) is 0 Å². The second-order valence-electron chi connectivity index (χ2n) is 5.39. The molecule has 1 heterocycles. The fraction of sp³-hybridized carbons (Fsp3) is 0.158. The predicted octanol–water partition coefficient (Wildman–Crippen LogP) is 4.16. The van der Waals surface area contributed by atoms with Gasteiger partial charge in [0.15, 0.2) is 0 Å². The molecule has 3 rings (SSSR count). The number of aromatic amines is 1. The molecule has 5 nitrogen and oxygen atoms in total. The Bertz CT molecular complexity index is 882. The first kappa shape index (κ1) is 15.8. The van der Waals surface area contributed by atoms with Gasteiger partial charge in [0.25, 0.3) is 0 Å². The standard InChI is InChI=1S/C19H20N4O/c1-3-15(18-11-20-12-22-18)16-7-5-6-13-8-9-14(10-17(13)16)23-19(24)21-4-2/h3,5-12H,4H2,1-2H3,(H,20,22)(H2,21,23,24). The smallest absolute Gasteiger partial charge is 0.319 e. The summed E-state index contributed by atoms with van der Waals surface area (Å²) in [5.41, 5.74) is 3.90. The van der Waals surface area contributed by atoms with Crippen molar-refractivity contribution in [3.05, 3.63) is 66.3 Å². The molecule has 0 unspecified atom stereocenters. The number of aromatic nitrogens is 2. The highest BCUT2D eigenvalue weighted by molar-refractivity contribution is 6.00. The number of carbonyl (C=O) groups is 1. The lowest BCUT2D eigenvalue weighted by Gasteiger charge is -2.12. The van der Waals surface area contributed by atoms with Gasteiger partial charge < -0.3 is 15.6 Å². The molecule has 0 fully saturated rings. The van der Waals surface area contributed by atoms with E-state index in [1.807, 2.05) is 44.3 Å². The van der Waals surface area contributed by atoms with Gasteiger partial charge in [0, 0.05) is 17.8 Å². The number of urea groups is 1. The van der Waals surface area contributed by atoms with Gasteiger partial charge in [0.2, 0.25) is 0 Å². The van der Waals surface area contributed by atoms with E-state index in [0.29, 0.717) is 6.54 Å². The van der Waals surface area contributed by atoms with Gasteiger partial charge >= 0.3 is 6.03 Å². The maximum Gasteiger partial charge on any atom is 0.319 e. The van der Waals surface area contributed by atoms with Gasteiger partial charge in [-0.05, 0) is 42.3 Å². The van der Waals surface area contributed by atoms with Crippen molar-refractivity contribution in [2.45, 2.75) is 13.8 Å². The first-order valence-corrected chi connectivity index (χ1v) is 7.96. The molecule has 0 aliphatic heterocycles. The molecule has 5 heteroatoms. The normalized spacial score (nSPS) is 11.5. The largest absolute Gasteiger partial charge is 0.345 e. The number of H-pyrrole nitrogens is 1. The van der Waals surface area contributed by atoms with E-state index < -0.39 is 0 Å².